The van der Waals surface area contributed by atoms with E-state index >= 15 is 0 Å². The first-order chi connectivity index (χ1) is 6.61. The molecule has 0 aromatic heterocycles. The van der Waals surface area contributed by atoms with E-state index in [9.17, 15) is 4.79 Å². The van der Waals surface area contributed by atoms with Crippen LogP contribution in [0.25, 0.3) is 0 Å². The second-order valence-corrected chi connectivity index (χ2v) is 6.06. The molecular formula is C10H10Br2O2. The summed E-state index contributed by atoms with van der Waals surface area (Å²) in [7, 11) is 0. The molecule has 0 heterocycles. The number of carbonyl (C=O) groups excluding carboxylic acids is 1. The molecule has 0 aliphatic rings. The molecule has 1 unspecified atom stereocenters. The molecule has 0 saturated carbocycles. The standard InChI is InChI=1S/C10H10Br2O2/c1-7(9(11)12)10(13)14-8-5-3-2-4-6-8/h2-7,9H,1H3. The van der Waals surface area contributed by atoms with Crippen molar-refractivity contribution in [2.75, 3.05) is 0 Å². The lowest BCUT2D eigenvalue weighted by molar-refractivity contribution is -0.137. The van der Waals surface area contributed by atoms with Crippen LogP contribution in [0, 0.1) is 5.92 Å². The first-order valence-corrected chi connectivity index (χ1v) is 5.99. The van der Waals surface area contributed by atoms with Crippen LogP contribution in [0.2, 0.25) is 0 Å². The summed E-state index contributed by atoms with van der Waals surface area (Å²) in [5.74, 6) is 0.0927. The fourth-order valence-corrected chi connectivity index (χ4v) is 1.23. The zero-order chi connectivity index (χ0) is 10.6. The highest BCUT2D eigenvalue weighted by molar-refractivity contribution is 9.24. The van der Waals surface area contributed by atoms with Gasteiger partial charge in [-0.3, -0.25) is 4.79 Å². The number of para-hydroxylation sites is 1. The molecule has 0 N–H and O–H groups in total. The molecule has 14 heavy (non-hydrogen) atoms. The number of halogens is 2. The molecule has 4 heteroatoms. The Labute approximate surface area is 99.9 Å². The molecule has 0 aliphatic heterocycles. The predicted octanol–water partition coefficient (Wildman–Crippen LogP) is 3.34. The molecule has 0 fully saturated rings. The van der Waals surface area contributed by atoms with E-state index in [1.54, 1.807) is 19.1 Å². The topological polar surface area (TPSA) is 26.3 Å². The normalized spacial score (nSPS) is 12.6. The first kappa shape index (κ1) is 11.7. The van der Waals surface area contributed by atoms with Gasteiger partial charge in [0.1, 0.15) is 5.75 Å². The van der Waals surface area contributed by atoms with Gasteiger partial charge in [-0.1, -0.05) is 50.1 Å². The Kier molecular flexibility index (Phi) is 4.62. The number of hydrogen-bond donors (Lipinski definition) is 0. The summed E-state index contributed by atoms with van der Waals surface area (Å²) in [5, 5.41) is 0. The van der Waals surface area contributed by atoms with Crippen LogP contribution in [0.1, 0.15) is 6.92 Å². The second-order valence-electron chi connectivity index (χ2n) is 2.86. The van der Waals surface area contributed by atoms with Crippen molar-refractivity contribution in [2.45, 2.75) is 10.7 Å². The largest absolute Gasteiger partial charge is 0.426 e. The SMILES string of the molecule is CC(C(=O)Oc1ccccc1)C(Br)Br. The minimum atomic E-state index is -0.255. The van der Waals surface area contributed by atoms with Crippen LogP contribution in [0.15, 0.2) is 30.3 Å². The van der Waals surface area contributed by atoms with E-state index in [1.165, 1.54) is 0 Å². The number of carbonyl (C=O) groups is 1. The first-order valence-electron chi connectivity index (χ1n) is 4.16. The highest BCUT2D eigenvalue weighted by Gasteiger charge is 2.21. The van der Waals surface area contributed by atoms with Crippen LogP contribution >= 0.6 is 31.9 Å². The molecule has 0 amide bonds. The summed E-state index contributed by atoms with van der Waals surface area (Å²) >= 11 is 6.54. The summed E-state index contributed by atoms with van der Waals surface area (Å²) in [4.78, 5) is 11.5. The maximum Gasteiger partial charge on any atom is 0.316 e. The van der Waals surface area contributed by atoms with Crippen molar-refractivity contribution < 1.29 is 9.53 Å². The molecule has 0 aliphatic carbocycles. The van der Waals surface area contributed by atoms with Crippen molar-refractivity contribution in [1.82, 2.24) is 0 Å². The van der Waals surface area contributed by atoms with Crippen LogP contribution in [-0.2, 0) is 4.79 Å². The van der Waals surface area contributed by atoms with Crippen molar-refractivity contribution in [1.29, 1.82) is 0 Å². The third kappa shape index (κ3) is 3.42. The molecule has 1 rings (SSSR count). The molecular weight excluding hydrogens is 312 g/mol. The number of ether oxygens (including phenoxy) is 1. The second kappa shape index (κ2) is 5.51. The average molecular weight is 322 g/mol. The van der Waals surface area contributed by atoms with Gasteiger partial charge in [-0.15, -0.1) is 0 Å². The molecule has 0 radical (unpaired) electrons. The maximum absolute atomic E-state index is 11.5. The Hall–Kier alpha value is -0.350. The minimum Gasteiger partial charge on any atom is -0.426 e. The number of rotatable bonds is 3. The van der Waals surface area contributed by atoms with Crippen LogP contribution in [-0.4, -0.2) is 9.71 Å². The van der Waals surface area contributed by atoms with Gasteiger partial charge in [0, 0.05) is 0 Å². The maximum atomic E-state index is 11.5. The van der Waals surface area contributed by atoms with Crippen LogP contribution in [0.4, 0.5) is 0 Å². The van der Waals surface area contributed by atoms with Crippen LogP contribution in [0.5, 0.6) is 5.75 Å². The Morgan fingerprint density at radius 1 is 1.29 bits per heavy atom. The van der Waals surface area contributed by atoms with Gasteiger partial charge in [0.05, 0.1) is 9.65 Å². The summed E-state index contributed by atoms with van der Waals surface area (Å²) in [6.45, 7) is 1.79. The van der Waals surface area contributed by atoms with Crippen molar-refractivity contribution in [3.63, 3.8) is 0 Å². The summed E-state index contributed by atoms with van der Waals surface area (Å²) in [6.07, 6.45) is 0. The lowest BCUT2D eigenvalue weighted by Crippen LogP contribution is -2.22. The van der Waals surface area contributed by atoms with E-state index in [2.05, 4.69) is 31.9 Å². The monoisotopic (exact) mass is 320 g/mol. The van der Waals surface area contributed by atoms with E-state index in [1.807, 2.05) is 18.2 Å². The van der Waals surface area contributed by atoms with Gasteiger partial charge in [-0.05, 0) is 19.1 Å². The highest BCUT2D eigenvalue weighted by Crippen LogP contribution is 2.21. The number of esters is 1. The fraction of sp³-hybridized carbons (Fsp3) is 0.300. The molecule has 0 saturated heterocycles. The Balaban J connectivity index is 2.58. The third-order valence-corrected chi connectivity index (χ3v) is 3.30. The minimum absolute atomic E-state index is 0.0637. The van der Waals surface area contributed by atoms with Gasteiger partial charge in [-0.2, -0.15) is 0 Å². The van der Waals surface area contributed by atoms with E-state index in [0.717, 1.165) is 0 Å². The third-order valence-electron chi connectivity index (χ3n) is 1.71. The Bertz CT molecular complexity index is 298. The Morgan fingerprint density at radius 3 is 2.36 bits per heavy atom. The molecule has 1 aromatic rings. The highest BCUT2D eigenvalue weighted by atomic mass is 79.9. The van der Waals surface area contributed by atoms with Gasteiger partial charge >= 0.3 is 5.97 Å². The smallest absolute Gasteiger partial charge is 0.316 e. The summed E-state index contributed by atoms with van der Waals surface area (Å²) < 4.78 is 5.07. The number of hydrogen-bond acceptors (Lipinski definition) is 2. The van der Waals surface area contributed by atoms with E-state index in [-0.39, 0.29) is 15.6 Å². The molecule has 1 aromatic carbocycles. The lowest BCUT2D eigenvalue weighted by Gasteiger charge is -2.11. The van der Waals surface area contributed by atoms with E-state index in [4.69, 9.17) is 4.74 Å². The van der Waals surface area contributed by atoms with Crippen molar-refractivity contribution >= 4 is 37.8 Å². The zero-order valence-electron chi connectivity index (χ0n) is 7.61. The number of alkyl halides is 2. The molecule has 76 valence electrons. The Morgan fingerprint density at radius 2 is 1.86 bits per heavy atom. The van der Waals surface area contributed by atoms with Gasteiger partial charge in [0.2, 0.25) is 0 Å². The van der Waals surface area contributed by atoms with E-state index < -0.39 is 0 Å². The predicted molar refractivity (Wildman–Crippen MR) is 62.9 cm³/mol. The van der Waals surface area contributed by atoms with Crippen molar-refractivity contribution in [3.8, 4) is 5.75 Å². The molecule has 2 nitrogen and oxygen atoms in total. The fourth-order valence-electron chi connectivity index (χ4n) is 0.801. The molecule has 0 bridgehead atoms. The van der Waals surface area contributed by atoms with Gasteiger partial charge in [-0.25, -0.2) is 0 Å². The average Bonchev–Trinajstić information content (AvgIpc) is 2.18. The van der Waals surface area contributed by atoms with Gasteiger partial charge in [0.25, 0.3) is 0 Å². The van der Waals surface area contributed by atoms with Crippen molar-refractivity contribution in [3.05, 3.63) is 30.3 Å². The zero-order valence-corrected chi connectivity index (χ0v) is 10.8. The van der Waals surface area contributed by atoms with Gasteiger partial charge in [0.15, 0.2) is 0 Å². The summed E-state index contributed by atoms with van der Waals surface area (Å²) in [5.41, 5.74) is 0. The van der Waals surface area contributed by atoms with Gasteiger partial charge < -0.3 is 4.74 Å². The van der Waals surface area contributed by atoms with E-state index in [0.29, 0.717) is 5.75 Å². The van der Waals surface area contributed by atoms with Crippen molar-refractivity contribution in [2.24, 2.45) is 5.92 Å². The molecule has 1 atom stereocenters. The lowest BCUT2D eigenvalue weighted by atomic mass is 10.2. The summed E-state index contributed by atoms with van der Waals surface area (Å²) in [6, 6.07) is 9.03. The molecule has 0 spiro atoms. The van der Waals surface area contributed by atoms with Crippen LogP contribution in [0.3, 0.4) is 0 Å². The number of benzene rings is 1. The quantitative estimate of drug-likeness (QED) is 0.485. The van der Waals surface area contributed by atoms with Crippen LogP contribution < -0.4 is 4.74 Å².